The summed E-state index contributed by atoms with van der Waals surface area (Å²) in [6.07, 6.45) is 1.46. The molecule has 0 unspecified atom stereocenters. The number of nitrogens with one attached hydrogen (secondary N) is 1. The van der Waals surface area contributed by atoms with Gasteiger partial charge in [-0.25, -0.2) is 9.69 Å². The highest BCUT2D eigenvalue weighted by molar-refractivity contribution is 9.10. The molecular formula is C28H25BrN2O4. The van der Waals surface area contributed by atoms with E-state index in [0.29, 0.717) is 23.6 Å². The normalized spacial score (nSPS) is 14.9. The molecule has 0 aliphatic carbocycles. The molecule has 35 heavy (non-hydrogen) atoms. The highest BCUT2D eigenvalue weighted by atomic mass is 79.9. The maximum absolute atomic E-state index is 13.4. The highest BCUT2D eigenvalue weighted by Gasteiger charge is 2.37. The van der Waals surface area contributed by atoms with Crippen LogP contribution in [0.5, 0.6) is 5.75 Å². The van der Waals surface area contributed by atoms with Crippen molar-refractivity contribution in [2.45, 2.75) is 34.3 Å². The summed E-state index contributed by atoms with van der Waals surface area (Å²) in [4.78, 5) is 39.7. The highest BCUT2D eigenvalue weighted by Crippen LogP contribution is 2.30. The number of amides is 4. The second-order valence-electron chi connectivity index (χ2n) is 8.57. The van der Waals surface area contributed by atoms with E-state index in [4.69, 9.17) is 4.74 Å². The van der Waals surface area contributed by atoms with Crippen LogP contribution in [0, 0.1) is 27.7 Å². The fraction of sp³-hybridized carbons (Fsp3) is 0.179. The average Bonchev–Trinajstić information content (AvgIpc) is 2.81. The average molecular weight is 533 g/mol. The Labute approximate surface area is 212 Å². The number of imide groups is 2. The number of carbonyl (C=O) groups is 3. The number of halogens is 1. The molecule has 3 aromatic carbocycles. The Morgan fingerprint density at radius 3 is 2.43 bits per heavy atom. The summed E-state index contributed by atoms with van der Waals surface area (Å²) in [5.41, 5.74) is 5.91. The molecule has 4 amide bonds. The predicted octanol–water partition coefficient (Wildman–Crippen LogP) is 5.93. The first-order valence-corrected chi connectivity index (χ1v) is 11.9. The molecule has 0 radical (unpaired) electrons. The monoisotopic (exact) mass is 532 g/mol. The second-order valence-corrected chi connectivity index (χ2v) is 9.48. The molecule has 1 saturated heterocycles. The summed E-state index contributed by atoms with van der Waals surface area (Å²) in [5, 5.41) is 2.29. The molecule has 1 fully saturated rings. The van der Waals surface area contributed by atoms with E-state index in [-0.39, 0.29) is 5.57 Å². The SMILES string of the molecule is Cc1ccc(COc2ccc(Br)cc2/C=C2\C(=O)NC(=O)N(c3cccc(C)c3C)C2=O)cc1C. The molecule has 1 aliphatic rings. The van der Waals surface area contributed by atoms with Crippen LogP contribution in [-0.4, -0.2) is 17.8 Å². The molecule has 178 valence electrons. The Kier molecular flexibility index (Phi) is 6.89. The Bertz CT molecular complexity index is 1390. The molecule has 0 aromatic heterocycles. The van der Waals surface area contributed by atoms with Gasteiger partial charge in [0.05, 0.1) is 5.69 Å². The molecule has 1 heterocycles. The lowest BCUT2D eigenvalue weighted by Crippen LogP contribution is -2.54. The van der Waals surface area contributed by atoms with Gasteiger partial charge in [-0.1, -0.05) is 46.3 Å². The number of aryl methyl sites for hydroxylation is 3. The Morgan fingerprint density at radius 1 is 0.914 bits per heavy atom. The number of hydrogen-bond donors (Lipinski definition) is 1. The van der Waals surface area contributed by atoms with E-state index in [1.54, 1.807) is 24.3 Å². The predicted molar refractivity (Wildman–Crippen MR) is 139 cm³/mol. The van der Waals surface area contributed by atoms with Gasteiger partial charge in [0.15, 0.2) is 0 Å². The van der Waals surface area contributed by atoms with E-state index in [9.17, 15) is 14.4 Å². The lowest BCUT2D eigenvalue weighted by atomic mass is 10.0. The Hall–Kier alpha value is -3.71. The third-order valence-corrected chi connectivity index (χ3v) is 6.65. The summed E-state index contributed by atoms with van der Waals surface area (Å²) < 4.78 is 6.82. The zero-order valence-corrected chi connectivity index (χ0v) is 21.5. The lowest BCUT2D eigenvalue weighted by Gasteiger charge is -2.28. The molecule has 0 spiro atoms. The van der Waals surface area contributed by atoms with E-state index in [1.165, 1.54) is 17.2 Å². The van der Waals surface area contributed by atoms with Crippen molar-refractivity contribution in [2.75, 3.05) is 4.90 Å². The number of benzene rings is 3. The van der Waals surface area contributed by atoms with E-state index >= 15 is 0 Å². The van der Waals surface area contributed by atoms with E-state index in [2.05, 4.69) is 34.2 Å². The number of carbonyl (C=O) groups excluding carboxylic acids is 3. The van der Waals surface area contributed by atoms with Crippen LogP contribution in [0.1, 0.15) is 33.4 Å². The molecule has 0 saturated carbocycles. The minimum atomic E-state index is -0.772. The zero-order valence-electron chi connectivity index (χ0n) is 19.9. The van der Waals surface area contributed by atoms with Gasteiger partial charge < -0.3 is 4.74 Å². The quantitative estimate of drug-likeness (QED) is 0.326. The molecule has 3 aromatic rings. The molecule has 6 nitrogen and oxygen atoms in total. The zero-order chi connectivity index (χ0) is 25.3. The summed E-state index contributed by atoms with van der Waals surface area (Å²) in [6.45, 7) is 8.15. The number of anilines is 1. The van der Waals surface area contributed by atoms with E-state index in [0.717, 1.165) is 26.1 Å². The van der Waals surface area contributed by atoms with Crippen LogP contribution in [-0.2, 0) is 16.2 Å². The largest absolute Gasteiger partial charge is 0.488 e. The number of hydrogen-bond acceptors (Lipinski definition) is 4. The number of urea groups is 1. The van der Waals surface area contributed by atoms with Crippen LogP contribution in [0.3, 0.4) is 0 Å². The van der Waals surface area contributed by atoms with Crippen molar-refractivity contribution in [1.82, 2.24) is 5.32 Å². The molecule has 0 atom stereocenters. The molecule has 1 aliphatic heterocycles. The van der Waals surface area contributed by atoms with Gasteiger partial charge in [0.25, 0.3) is 11.8 Å². The minimum Gasteiger partial charge on any atom is -0.488 e. The van der Waals surface area contributed by atoms with Gasteiger partial charge in [-0.2, -0.15) is 0 Å². The number of rotatable bonds is 5. The first kappa shape index (κ1) is 24.4. The first-order chi connectivity index (χ1) is 16.7. The van der Waals surface area contributed by atoms with Crippen molar-refractivity contribution in [3.8, 4) is 5.75 Å². The maximum atomic E-state index is 13.4. The van der Waals surface area contributed by atoms with Gasteiger partial charge in [-0.3, -0.25) is 14.9 Å². The van der Waals surface area contributed by atoms with Gasteiger partial charge in [0.1, 0.15) is 17.9 Å². The van der Waals surface area contributed by atoms with Crippen molar-refractivity contribution < 1.29 is 19.1 Å². The summed E-state index contributed by atoms with van der Waals surface area (Å²) >= 11 is 3.45. The topological polar surface area (TPSA) is 75.7 Å². The van der Waals surface area contributed by atoms with Crippen molar-refractivity contribution >= 4 is 45.5 Å². The third kappa shape index (κ3) is 5.05. The van der Waals surface area contributed by atoms with Gasteiger partial charge in [0.2, 0.25) is 0 Å². The maximum Gasteiger partial charge on any atom is 0.335 e. The fourth-order valence-corrected chi connectivity index (χ4v) is 4.21. The van der Waals surface area contributed by atoms with Crippen molar-refractivity contribution in [2.24, 2.45) is 0 Å². The van der Waals surface area contributed by atoms with Crippen LogP contribution in [0.25, 0.3) is 6.08 Å². The van der Waals surface area contributed by atoms with Gasteiger partial charge in [0, 0.05) is 10.0 Å². The standard InChI is InChI=1S/C28H25BrN2O4/c1-16-8-9-20(12-18(16)3)15-35-25-11-10-22(29)13-21(25)14-23-26(32)30-28(34)31(27(23)33)24-7-5-6-17(2)19(24)4/h5-14H,15H2,1-4H3,(H,30,32,34)/b23-14+. The summed E-state index contributed by atoms with van der Waals surface area (Å²) in [7, 11) is 0. The minimum absolute atomic E-state index is 0.153. The molecule has 0 bridgehead atoms. The van der Waals surface area contributed by atoms with E-state index in [1.807, 2.05) is 45.0 Å². The summed E-state index contributed by atoms with van der Waals surface area (Å²) in [6, 6.07) is 16.1. The number of nitrogens with zero attached hydrogens (tertiary/aromatic N) is 1. The van der Waals surface area contributed by atoms with Crippen LogP contribution in [0.15, 0.2) is 64.6 Å². The number of ether oxygens (including phenoxy) is 1. The van der Waals surface area contributed by atoms with Crippen molar-refractivity contribution in [3.05, 3.63) is 98.0 Å². The van der Waals surface area contributed by atoms with Gasteiger partial charge >= 0.3 is 6.03 Å². The van der Waals surface area contributed by atoms with E-state index < -0.39 is 17.8 Å². The van der Waals surface area contributed by atoms with Gasteiger partial charge in [-0.05, 0) is 85.9 Å². The van der Waals surface area contributed by atoms with Crippen molar-refractivity contribution in [3.63, 3.8) is 0 Å². The summed E-state index contributed by atoms with van der Waals surface area (Å²) in [5.74, 6) is -0.927. The van der Waals surface area contributed by atoms with Crippen LogP contribution in [0.4, 0.5) is 10.5 Å². The fourth-order valence-electron chi connectivity index (χ4n) is 3.83. The molecule has 7 heteroatoms. The Balaban J connectivity index is 1.69. The lowest BCUT2D eigenvalue weighted by molar-refractivity contribution is -0.122. The Morgan fingerprint density at radius 2 is 1.69 bits per heavy atom. The second kappa shape index (κ2) is 9.88. The van der Waals surface area contributed by atoms with Crippen LogP contribution < -0.4 is 15.0 Å². The number of barbiturate groups is 1. The first-order valence-electron chi connectivity index (χ1n) is 11.1. The van der Waals surface area contributed by atoms with Crippen LogP contribution in [0.2, 0.25) is 0 Å². The van der Waals surface area contributed by atoms with Crippen LogP contribution >= 0.6 is 15.9 Å². The third-order valence-electron chi connectivity index (χ3n) is 6.16. The molecule has 4 rings (SSSR count). The molecule has 1 N–H and O–H groups in total. The molecular weight excluding hydrogens is 508 g/mol. The smallest absolute Gasteiger partial charge is 0.335 e. The van der Waals surface area contributed by atoms with Gasteiger partial charge in [-0.15, -0.1) is 0 Å². The van der Waals surface area contributed by atoms with Crippen molar-refractivity contribution in [1.29, 1.82) is 0 Å².